The Balaban J connectivity index is 0.000000355. The van der Waals surface area contributed by atoms with Gasteiger partial charge in [-0.3, -0.25) is 9.36 Å². The summed E-state index contributed by atoms with van der Waals surface area (Å²) in [6, 6.07) is 0. The van der Waals surface area contributed by atoms with Crippen molar-refractivity contribution in [3.63, 3.8) is 0 Å². The fraction of sp³-hybridized carbons (Fsp3) is 0.588. The van der Waals surface area contributed by atoms with Gasteiger partial charge in [-0.15, -0.1) is 0 Å². The molecule has 0 aliphatic carbocycles. The van der Waals surface area contributed by atoms with Gasteiger partial charge in [0.05, 0.1) is 18.2 Å². The summed E-state index contributed by atoms with van der Waals surface area (Å²) in [5, 5.41) is 36.0. The molecule has 3 heterocycles. The van der Waals surface area contributed by atoms with Crippen LogP contribution < -0.4 is 5.73 Å². The zero-order valence-electron chi connectivity index (χ0n) is 17.7. The Bertz CT molecular complexity index is 859. The molecule has 180 valence electrons. The van der Waals surface area contributed by atoms with Crippen LogP contribution in [0, 0.1) is 0 Å². The van der Waals surface area contributed by atoms with Crippen LogP contribution in [0.1, 0.15) is 6.23 Å². The van der Waals surface area contributed by atoms with Crippen molar-refractivity contribution in [3.8, 4) is 0 Å². The number of nitrogens with zero attached hydrogens (tertiary/aromatic N) is 4. The van der Waals surface area contributed by atoms with E-state index in [1.54, 1.807) is 22.6 Å². The van der Waals surface area contributed by atoms with Crippen LogP contribution in [0.4, 0.5) is 5.82 Å². The quantitative estimate of drug-likeness (QED) is 0.267. The molecule has 2 aromatic heterocycles. The van der Waals surface area contributed by atoms with Gasteiger partial charge in [0.1, 0.15) is 24.1 Å². The number of fused-ring (bicyclic) bond motifs is 1. The molecule has 1 saturated heterocycles. The van der Waals surface area contributed by atoms with Crippen LogP contribution in [0.25, 0.3) is 11.2 Å². The normalized spacial score (nSPS) is 21.9. The molecule has 6 N–H and O–H groups in total. The molecule has 0 aromatic carbocycles. The number of thioether (sulfide) groups is 2. The van der Waals surface area contributed by atoms with Gasteiger partial charge in [-0.2, -0.15) is 23.5 Å². The van der Waals surface area contributed by atoms with Crippen LogP contribution in [0.15, 0.2) is 12.7 Å². The minimum absolute atomic E-state index is 0.171. The van der Waals surface area contributed by atoms with Crippen molar-refractivity contribution in [1.29, 1.82) is 0 Å². The Morgan fingerprint density at radius 3 is 2.31 bits per heavy atom. The molecule has 0 radical (unpaired) electrons. The first-order valence-electron chi connectivity index (χ1n) is 9.02. The van der Waals surface area contributed by atoms with Crippen molar-refractivity contribution < 1.29 is 34.8 Å². The van der Waals surface area contributed by atoms with E-state index in [4.69, 9.17) is 20.7 Å². The zero-order valence-corrected chi connectivity index (χ0v) is 21.7. The fourth-order valence-electron chi connectivity index (χ4n) is 2.56. The number of ether oxygens (including phenoxy) is 1. The first-order valence-corrected chi connectivity index (χ1v) is 15.8. The number of carboxylic acid groups (broad SMARTS) is 2. The van der Waals surface area contributed by atoms with Crippen LogP contribution in [0.3, 0.4) is 0 Å². The van der Waals surface area contributed by atoms with Crippen molar-refractivity contribution in [2.24, 2.45) is 0 Å². The van der Waals surface area contributed by atoms with E-state index in [9.17, 15) is 19.8 Å². The van der Waals surface area contributed by atoms with Crippen LogP contribution >= 0.6 is 23.5 Å². The third-order valence-corrected chi connectivity index (χ3v) is 6.59. The fourth-order valence-corrected chi connectivity index (χ4v) is 4.12. The van der Waals surface area contributed by atoms with Gasteiger partial charge in [0.2, 0.25) is 0 Å². The van der Waals surface area contributed by atoms with Crippen LogP contribution in [-0.4, -0.2) is 115 Å². The second kappa shape index (κ2) is 14.7. The van der Waals surface area contributed by atoms with Crippen molar-refractivity contribution in [1.82, 2.24) is 19.5 Å². The van der Waals surface area contributed by atoms with E-state index in [2.05, 4.69) is 15.0 Å². The predicted octanol–water partition coefficient (Wildman–Crippen LogP) is 0.0663. The number of hydrogen-bond donors (Lipinski definition) is 5. The number of aliphatic hydroxyl groups excluding tert-OH is 2. The van der Waals surface area contributed by atoms with Crippen LogP contribution in [-0.2, 0) is 14.3 Å². The van der Waals surface area contributed by atoms with Gasteiger partial charge in [0, 0.05) is 5.75 Å². The summed E-state index contributed by atoms with van der Waals surface area (Å²) in [6.45, 7) is 0. The summed E-state index contributed by atoms with van der Waals surface area (Å²) in [4.78, 5) is 33.3. The summed E-state index contributed by atoms with van der Waals surface area (Å²) in [7, 11) is 0. The van der Waals surface area contributed by atoms with Gasteiger partial charge in [-0.1, -0.05) is 0 Å². The van der Waals surface area contributed by atoms with E-state index in [-0.39, 0.29) is 32.5 Å². The van der Waals surface area contributed by atoms with E-state index >= 15 is 0 Å². The SMILES string of the molecule is CSCC(=O)O.CSC[C@H]1O[C@@H](n2cnc3c(N)ncnc32)[C@H](O)[C@@H]1O.C[Te]CC(=O)O. The maximum atomic E-state index is 10.1. The summed E-state index contributed by atoms with van der Waals surface area (Å²) >= 11 is 2.68. The first-order chi connectivity index (χ1) is 15.2. The van der Waals surface area contributed by atoms with E-state index in [0.717, 1.165) is 0 Å². The maximum absolute atomic E-state index is 10.1. The van der Waals surface area contributed by atoms with Crippen molar-refractivity contribution in [2.45, 2.75) is 34.0 Å². The molecular formula is C17H27N5O7S2Te. The average Bonchev–Trinajstić information content (AvgIpc) is 3.26. The molecule has 12 nitrogen and oxygen atoms in total. The van der Waals surface area contributed by atoms with Crippen molar-refractivity contribution in [2.75, 3.05) is 29.8 Å². The van der Waals surface area contributed by atoms with Crippen molar-refractivity contribution >= 4 is 73.4 Å². The Kier molecular flexibility index (Phi) is 13.2. The van der Waals surface area contributed by atoms with Gasteiger partial charge < -0.3 is 25.8 Å². The van der Waals surface area contributed by atoms with E-state index < -0.39 is 36.5 Å². The first kappa shape index (κ1) is 28.7. The molecule has 4 atom stereocenters. The van der Waals surface area contributed by atoms with Gasteiger partial charge in [0.25, 0.3) is 0 Å². The molecule has 32 heavy (non-hydrogen) atoms. The molecule has 1 aliphatic heterocycles. The number of carbonyl (C=O) groups is 2. The number of aromatic nitrogens is 4. The molecule has 15 heteroatoms. The van der Waals surface area contributed by atoms with Crippen LogP contribution in [0.5, 0.6) is 0 Å². The second-order valence-corrected chi connectivity index (χ2v) is 10.5. The number of aliphatic carboxylic acids is 2. The van der Waals surface area contributed by atoms with Gasteiger partial charge in [0.15, 0.2) is 17.7 Å². The molecule has 0 saturated carbocycles. The van der Waals surface area contributed by atoms with E-state index in [1.807, 2.05) is 11.2 Å². The summed E-state index contributed by atoms with van der Waals surface area (Å²) in [6.07, 6.45) is 3.34. The zero-order chi connectivity index (χ0) is 24.3. The third kappa shape index (κ3) is 8.54. The molecule has 1 fully saturated rings. The summed E-state index contributed by atoms with van der Waals surface area (Å²) in [5.41, 5.74) is 6.64. The minimum atomic E-state index is -1.04. The number of nitrogen functional groups attached to an aromatic ring is 1. The molecular weight excluding hydrogens is 578 g/mol. The Morgan fingerprint density at radius 2 is 1.84 bits per heavy atom. The Morgan fingerprint density at radius 1 is 1.16 bits per heavy atom. The number of aliphatic hydroxyl groups is 2. The molecule has 1 aliphatic rings. The predicted molar refractivity (Wildman–Crippen MR) is 124 cm³/mol. The number of nitrogens with two attached hydrogens (primary N) is 1. The summed E-state index contributed by atoms with van der Waals surface area (Å²) < 4.78 is 7.71. The number of carboxylic acids is 2. The number of imidazole rings is 1. The number of anilines is 1. The number of hydrogen-bond acceptors (Lipinski definition) is 11. The molecule has 0 bridgehead atoms. The second-order valence-electron chi connectivity index (χ2n) is 6.24. The standard InChI is InChI=1S/C11H15N5O3S.C3H6O2S.C3H6O2Te/c1-20-2-5-7(17)8(18)11(19-5)16-4-15-6-9(12)13-3-14-10(6)16;2*1-6-2-3(4)5/h3-5,7-8,11,17-18H,2H2,1H3,(H2,12,13,14);2*2H2,1H3,(H,4,5)/t5-,7-,8-,11-;;/m1../s1. The number of rotatable bonds is 7. The Hall–Kier alpha value is -1.34. The molecule has 0 spiro atoms. The average molecular weight is 605 g/mol. The monoisotopic (exact) mass is 607 g/mol. The Labute approximate surface area is 203 Å². The van der Waals surface area contributed by atoms with Gasteiger partial charge >= 0.3 is 52.2 Å². The molecule has 0 amide bonds. The van der Waals surface area contributed by atoms with E-state index in [1.165, 1.54) is 24.4 Å². The molecule has 2 aromatic rings. The summed E-state index contributed by atoms with van der Waals surface area (Å²) in [5.74, 6) is -0.330. The molecule has 3 rings (SSSR count). The van der Waals surface area contributed by atoms with Crippen molar-refractivity contribution in [3.05, 3.63) is 12.7 Å². The van der Waals surface area contributed by atoms with E-state index in [0.29, 0.717) is 21.4 Å². The van der Waals surface area contributed by atoms with Gasteiger partial charge in [-0.05, 0) is 12.5 Å². The van der Waals surface area contributed by atoms with Gasteiger partial charge in [-0.25, -0.2) is 15.0 Å². The molecule has 0 unspecified atom stereocenters. The van der Waals surface area contributed by atoms with Crippen LogP contribution in [0.2, 0.25) is 9.44 Å². The topological polar surface area (TPSA) is 194 Å². The third-order valence-electron chi connectivity index (χ3n) is 3.86.